The van der Waals surface area contributed by atoms with Crippen molar-refractivity contribution in [3.8, 4) is 0 Å². The number of rotatable bonds is 5. The van der Waals surface area contributed by atoms with Gasteiger partial charge in [-0.2, -0.15) is 0 Å². The van der Waals surface area contributed by atoms with Gasteiger partial charge >= 0.3 is 5.97 Å². The molecule has 6 heteroatoms. The predicted molar refractivity (Wildman–Crippen MR) is 130 cm³/mol. The lowest BCUT2D eigenvalue weighted by molar-refractivity contribution is -0.316. The van der Waals surface area contributed by atoms with Gasteiger partial charge < -0.3 is 19.1 Å². The van der Waals surface area contributed by atoms with Gasteiger partial charge in [-0.05, 0) is 68.3 Å². The molecule has 0 radical (unpaired) electrons. The molecule has 1 aromatic rings. The molecule has 0 bridgehead atoms. The van der Waals surface area contributed by atoms with Gasteiger partial charge in [-0.15, -0.1) is 0 Å². The minimum absolute atomic E-state index is 0.0128. The van der Waals surface area contributed by atoms with Crippen LogP contribution >= 0.6 is 0 Å². The number of carboxylic acids is 1. The quantitative estimate of drug-likeness (QED) is 0.596. The van der Waals surface area contributed by atoms with E-state index in [1.165, 1.54) is 49.6 Å². The summed E-state index contributed by atoms with van der Waals surface area (Å²) in [5, 5.41) is 9.33. The number of aromatic carboxylic acids is 1. The summed E-state index contributed by atoms with van der Waals surface area (Å²) in [5.74, 6) is 0.303. The fraction of sp³-hybridized carbons (Fsp3) is 0.714. The molecule has 1 aliphatic heterocycles. The molecule has 0 aromatic carbocycles. The van der Waals surface area contributed by atoms with Gasteiger partial charge in [0.15, 0.2) is 6.29 Å². The SMILES string of the molecule is C=C1CCC2[C@]3(C)CO[C@@H](C4CCCC4)O[C@@H]3CC[C@@]2(C)[C@@H]1CCn1cc(C(=O)O)ccc1=O. The van der Waals surface area contributed by atoms with E-state index in [1.807, 2.05) is 0 Å². The summed E-state index contributed by atoms with van der Waals surface area (Å²) in [4.78, 5) is 23.8. The van der Waals surface area contributed by atoms with E-state index in [9.17, 15) is 14.7 Å². The van der Waals surface area contributed by atoms with Crippen molar-refractivity contribution in [1.29, 1.82) is 0 Å². The van der Waals surface area contributed by atoms with Gasteiger partial charge in [-0.3, -0.25) is 4.79 Å². The van der Waals surface area contributed by atoms with Crippen molar-refractivity contribution < 1.29 is 19.4 Å². The highest BCUT2D eigenvalue weighted by atomic mass is 16.7. The molecule has 5 rings (SSSR count). The van der Waals surface area contributed by atoms with Crippen molar-refractivity contribution in [2.45, 2.75) is 90.6 Å². The molecule has 4 aliphatic rings. The monoisotopic (exact) mass is 469 g/mol. The van der Waals surface area contributed by atoms with E-state index < -0.39 is 5.97 Å². The molecule has 1 N–H and O–H groups in total. The summed E-state index contributed by atoms with van der Waals surface area (Å²) in [7, 11) is 0. The number of nitrogens with zero attached hydrogens (tertiary/aromatic N) is 1. The van der Waals surface area contributed by atoms with E-state index >= 15 is 0 Å². The van der Waals surface area contributed by atoms with Gasteiger partial charge in [-0.25, -0.2) is 4.79 Å². The molecular formula is C28H39NO5. The Morgan fingerprint density at radius 3 is 2.68 bits per heavy atom. The number of allylic oxidation sites excluding steroid dienone is 1. The molecule has 4 fully saturated rings. The Bertz CT molecular complexity index is 1010. The lowest BCUT2D eigenvalue weighted by Crippen LogP contribution is -2.62. The third kappa shape index (κ3) is 3.97. The Hall–Kier alpha value is -1.92. The number of hydrogen-bond donors (Lipinski definition) is 1. The van der Waals surface area contributed by atoms with E-state index in [2.05, 4.69) is 20.4 Å². The molecule has 186 valence electrons. The molecular weight excluding hydrogens is 430 g/mol. The van der Waals surface area contributed by atoms with Gasteiger partial charge in [-0.1, -0.05) is 38.8 Å². The third-order valence-electron chi connectivity index (χ3n) is 9.85. The fourth-order valence-corrected chi connectivity index (χ4v) is 7.96. The topological polar surface area (TPSA) is 77.8 Å². The van der Waals surface area contributed by atoms with Crippen LogP contribution in [0.25, 0.3) is 0 Å². The zero-order chi connectivity index (χ0) is 24.1. The van der Waals surface area contributed by atoms with Gasteiger partial charge in [0.2, 0.25) is 0 Å². The summed E-state index contributed by atoms with van der Waals surface area (Å²) in [6.07, 6.45) is 11.7. The summed E-state index contributed by atoms with van der Waals surface area (Å²) >= 11 is 0. The Balaban J connectivity index is 1.34. The number of hydrogen-bond acceptors (Lipinski definition) is 4. The lowest BCUT2D eigenvalue weighted by atomic mass is 9.46. The first-order chi connectivity index (χ1) is 16.2. The van der Waals surface area contributed by atoms with E-state index in [0.717, 1.165) is 38.7 Å². The minimum Gasteiger partial charge on any atom is -0.478 e. The van der Waals surface area contributed by atoms with Crippen molar-refractivity contribution >= 4 is 5.97 Å². The first kappa shape index (κ1) is 23.8. The molecule has 3 saturated carbocycles. The number of pyridine rings is 1. The highest BCUT2D eigenvalue weighted by Gasteiger charge is 2.60. The van der Waals surface area contributed by atoms with Crippen LogP contribution in [-0.4, -0.2) is 34.6 Å². The maximum atomic E-state index is 12.4. The second-order valence-electron chi connectivity index (χ2n) is 11.7. The van der Waals surface area contributed by atoms with Crippen LogP contribution in [0.5, 0.6) is 0 Å². The van der Waals surface area contributed by atoms with Crippen LogP contribution in [0.2, 0.25) is 0 Å². The van der Waals surface area contributed by atoms with Crippen molar-refractivity contribution in [1.82, 2.24) is 4.57 Å². The molecule has 1 unspecified atom stereocenters. The van der Waals surface area contributed by atoms with Crippen LogP contribution in [0, 0.1) is 28.6 Å². The van der Waals surface area contributed by atoms with Crippen molar-refractivity contribution in [2.24, 2.45) is 28.6 Å². The molecule has 6 nitrogen and oxygen atoms in total. The Labute approximate surface area is 202 Å². The van der Waals surface area contributed by atoms with Crippen molar-refractivity contribution in [2.75, 3.05) is 6.61 Å². The summed E-state index contributed by atoms with van der Waals surface area (Å²) < 4.78 is 14.6. The number of aromatic nitrogens is 1. The lowest BCUT2D eigenvalue weighted by Gasteiger charge is -2.63. The van der Waals surface area contributed by atoms with E-state index in [-0.39, 0.29) is 40.3 Å². The number of aryl methyl sites for hydroxylation is 1. The molecule has 6 atom stereocenters. The van der Waals surface area contributed by atoms with Gasteiger partial charge in [0.05, 0.1) is 18.3 Å². The van der Waals surface area contributed by atoms with Crippen LogP contribution in [-0.2, 0) is 16.0 Å². The molecule has 34 heavy (non-hydrogen) atoms. The summed E-state index contributed by atoms with van der Waals surface area (Å²) in [5.41, 5.74) is 1.32. The maximum Gasteiger partial charge on any atom is 0.337 e. The van der Waals surface area contributed by atoms with Crippen LogP contribution < -0.4 is 5.56 Å². The second-order valence-corrected chi connectivity index (χ2v) is 11.7. The van der Waals surface area contributed by atoms with Crippen LogP contribution in [0.4, 0.5) is 0 Å². The zero-order valence-electron chi connectivity index (χ0n) is 20.6. The maximum absolute atomic E-state index is 12.4. The highest BCUT2D eigenvalue weighted by Crippen LogP contribution is 2.63. The van der Waals surface area contributed by atoms with E-state index in [4.69, 9.17) is 9.47 Å². The normalized spacial score (nSPS) is 38.4. The number of fused-ring (bicyclic) bond motifs is 3. The van der Waals surface area contributed by atoms with Gasteiger partial charge in [0.25, 0.3) is 5.56 Å². The molecule has 3 aliphatic carbocycles. The highest BCUT2D eigenvalue weighted by molar-refractivity contribution is 5.87. The van der Waals surface area contributed by atoms with Crippen molar-refractivity contribution in [3.63, 3.8) is 0 Å². The van der Waals surface area contributed by atoms with Crippen molar-refractivity contribution in [3.05, 3.63) is 46.4 Å². The van der Waals surface area contributed by atoms with E-state index in [0.29, 0.717) is 18.4 Å². The summed E-state index contributed by atoms with van der Waals surface area (Å²) in [6.45, 7) is 10.5. The fourth-order valence-electron chi connectivity index (χ4n) is 7.96. The number of carboxylic acid groups (broad SMARTS) is 1. The average Bonchev–Trinajstić information content (AvgIpc) is 3.34. The zero-order valence-corrected chi connectivity index (χ0v) is 20.6. The standard InChI is InChI=1S/C28H39NO5/c1-18-8-10-22-27(2,21(18)13-15-29-16-20(25(31)32)9-11-24(29)30)14-12-23-28(22,3)17-33-26(34-23)19-6-4-5-7-19/h9,11,16,19,21-23,26H,1,4-8,10,12-15,17H2,2-3H3,(H,31,32)/t21-,22?,23-,26-,27+,28+/m1/s1. The summed E-state index contributed by atoms with van der Waals surface area (Å²) in [6, 6.07) is 2.73. The number of carbonyl (C=O) groups is 1. The average molecular weight is 470 g/mol. The molecule has 0 spiro atoms. The van der Waals surface area contributed by atoms with Gasteiger partial charge in [0, 0.05) is 30.1 Å². The molecule has 0 amide bonds. The molecule has 1 aromatic heterocycles. The molecule has 2 heterocycles. The van der Waals surface area contributed by atoms with Gasteiger partial charge in [0.1, 0.15) is 0 Å². The second kappa shape index (κ2) is 8.94. The Kier molecular flexibility index (Phi) is 6.26. The Morgan fingerprint density at radius 1 is 1.18 bits per heavy atom. The third-order valence-corrected chi connectivity index (χ3v) is 9.85. The Morgan fingerprint density at radius 2 is 1.94 bits per heavy atom. The predicted octanol–water partition coefficient (Wildman–Crippen LogP) is 5.26. The first-order valence-electron chi connectivity index (χ1n) is 13.1. The van der Waals surface area contributed by atoms with Crippen LogP contribution in [0.1, 0.15) is 82.0 Å². The number of ether oxygens (including phenoxy) is 2. The first-order valence-corrected chi connectivity index (χ1v) is 13.1. The molecule has 1 saturated heterocycles. The largest absolute Gasteiger partial charge is 0.478 e. The minimum atomic E-state index is -1.01. The van der Waals surface area contributed by atoms with Crippen LogP contribution in [0.3, 0.4) is 0 Å². The smallest absolute Gasteiger partial charge is 0.337 e. The van der Waals surface area contributed by atoms with E-state index in [1.54, 1.807) is 4.57 Å². The van der Waals surface area contributed by atoms with Crippen LogP contribution in [0.15, 0.2) is 35.3 Å².